The fourth-order valence-electron chi connectivity index (χ4n) is 19.5. The summed E-state index contributed by atoms with van der Waals surface area (Å²) in [5.41, 5.74) is 18.1. The number of unbranched alkanes of at least 4 members (excludes halogenated alkanes) is 4. The number of hydrogen-bond acceptors (Lipinski definition) is 9. The first-order valence-electron chi connectivity index (χ1n) is 41.2. The van der Waals surface area contributed by atoms with E-state index in [1.807, 2.05) is 84.9 Å². The van der Waals surface area contributed by atoms with Crippen LogP contribution in [0.2, 0.25) is 0 Å². The van der Waals surface area contributed by atoms with Gasteiger partial charge in [0.1, 0.15) is 11.0 Å². The predicted molar refractivity (Wildman–Crippen MR) is 463 cm³/mol. The van der Waals surface area contributed by atoms with Gasteiger partial charge in [-0.15, -0.1) is 22.7 Å². The Labute approximate surface area is 667 Å². The maximum absolute atomic E-state index is 15.1. The van der Waals surface area contributed by atoms with Gasteiger partial charge in [0.15, 0.2) is 0 Å². The second kappa shape index (κ2) is 32.1. The van der Waals surface area contributed by atoms with Crippen molar-refractivity contribution in [1.82, 2.24) is 8.75 Å². The van der Waals surface area contributed by atoms with E-state index in [2.05, 4.69) is 176 Å². The molecule has 0 spiro atoms. The molecule has 2 aliphatic carbocycles. The number of anilines is 2. The topological polar surface area (TPSA) is 101 Å². The summed E-state index contributed by atoms with van der Waals surface area (Å²) < 4.78 is 9.73. The number of fused-ring (bicyclic) bond motifs is 7. The van der Waals surface area contributed by atoms with Crippen LogP contribution in [0.5, 0.6) is 0 Å². The number of benzene rings is 9. The average Bonchev–Trinajstić information content (AvgIpc) is 1.68. The number of amides is 4. The lowest BCUT2D eigenvalue weighted by Crippen LogP contribution is -2.40. The van der Waals surface area contributed by atoms with Crippen LogP contribution in [0.4, 0.5) is 11.4 Å². The highest BCUT2D eigenvalue weighted by Gasteiger charge is 2.49. The smallest absolute Gasteiger partial charge is 0.265 e. The minimum Gasteiger partial charge on any atom is -0.268 e. The Morgan fingerprint density at radius 1 is 0.342 bits per heavy atom. The number of nitrogens with zero attached hydrogens (tertiary/aromatic N) is 4. The molecule has 4 amide bonds. The molecule has 8 nitrogen and oxygen atoms in total. The molecule has 12 aromatic rings. The third-order valence-corrected chi connectivity index (χ3v) is 28.0. The van der Waals surface area contributed by atoms with Gasteiger partial charge in [-0.2, -0.15) is 8.75 Å². The number of hydrogen-bond donors (Lipinski definition) is 0. The van der Waals surface area contributed by atoms with Gasteiger partial charge in [0.25, 0.3) is 23.6 Å². The average molecular weight is 1520 g/mol. The van der Waals surface area contributed by atoms with Gasteiger partial charge in [-0.1, -0.05) is 279 Å². The lowest BCUT2D eigenvalue weighted by molar-refractivity contribution is 0.0877. The van der Waals surface area contributed by atoms with Crippen LogP contribution in [-0.2, 0) is 10.8 Å². The van der Waals surface area contributed by atoms with Crippen molar-refractivity contribution in [2.45, 2.75) is 195 Å². The largest absolute Gasteiger partial charge is 0.268 e. The van der Waals surface area contributed by atoms with Crippen molar-refractivity contribution in [3.63, 3.8) is 0 Å². The summed E-state index contributed by atoms with van der Waals surface area (Å²) in [6.07, 6.45) is 22.9. The van der Waals surface area contributed by atoms with Crippen molar-refractivity contribution >= 4 is 102 Å². The van der Waals surface area contributed by atoms with Crippen LogP contribution in [-0.4, -0.2) is 32.4 Å². The number of thiophene rings is 2. The van der Waals surface area contributed by atoms with Gasteiger partial charge in [0.05, 0.1) is 32.9 Å². The minimum absolute atomic E-state index is 0.244. The first kappa shape index (κ1) is 75.2. The Balaban J connectivity index is 0.641. The molecule has 560 valence electrons. The molecule has 9 aromatic carbocycles. The first-order chi connectivity index (χ1) is 54.3. The summed E-state index contributed by atoms with van der Waals surface area (Å²) in [6, 6.07) is 62.4. The molecule has 11 heteroatoms. The number of rotatable bonds is 28. The molecule has 111 heavy (non-hydrogen) atoms. The van der Waals surface area contributed by atoms with Crippen molar-refractivity contribution in [2.75, 3.05) is 9.80 Å². The quantitative estimate of drug-likeness (QED) is 0.0358. The molecule has 0 saturated heterocycles. The summed E-state index contributed by atoms with van der Waals surface area (Å²) in [4.78, 5) is 67.1. The van der Waals surface area contributed by atoms with E-state index in [1.54, 1.807) is 22.7 Å². The van der Waals surface area contributed by atoms with Crippen molar-refractivity contribution in [3.05, 3.63) is 247 Å². The molecular formula is C100H98N4O4S3. The van der Waals surface area contributed by atoms with Crippen LogP contribution in [0.25, 0.3) is 75.7 Å². The fraction of sp³-hybridized carbons (Fsp3) is 0.340. The first-order valence-corrected chi connectivity index (χ1v) is 43.5. The standard InChI is InChI=1S/C100H98N4O4S3/c1-9-17-27-63(13-5)59-99(60-64(14-6)28-18-10-2)85-37-23-21-31-75(85)77-51-43-69(57-87(77)99)103-95(105)81-35-25-33-73-67(41-49-83(91(73)81)97(103)107)39-45-71-47-55-89(109-71)79-53-54-80(94-93(79)101-111-102-94)90-56-48-72(110-90)46-40-68-42-50-84-92-74(68)34-26-36-82(92)96(106)104(98(84)108)70-44-52-78-76-32-22-24-38-86(76)100(88(78)58-70,61-65(15-7)29-19-11-3)62-66(16-8)30-20-12-4/h21-26,31-38,41-44,47-58,63-66H,9-20,27-30,59-62H2,1-8H3. The molecule has 5 heterocycles. The SMILES string of the molecule is CCCCC(CC)CC1(CC(CC)CCCC)c2ccccc2-c2ccc(N3C(=O)c4cccc5c(C#Cc6ccc(-c7ccc(-c8ccc(C#Cc9ccc%10c%11c(cccc9%11)C(=O)N(c9ccc%11c(c9)C(CC(CC)CCCC)(CC(CC)CCCC)c9ccccc9-%11)C%10=O)s8)c8nsnc78)s6)ccc(c45)C3=O)cc21. The third-order valence-electron chi connectivity index (χ3n) is 25.4. The maximum Gasteiger partial charge on any atom is 0.265 e. The number of imide groups is 2. The molecule has 0 N–H and O–H groups in total. The Morgan fingerprint density at radius 2 is 0.676 bits per heavy atom. The van der Waals surface area contributed by atoms with Gasteiger partial charge in [0.2, 0.25) is 0 Å². The number of carbonyl (C=O) groups excluding carboxylic acids is 4. The monoisotopic (exact) mass is 1510 g/mol. The lowest BCUT2D eigenvalue weighted by Gasteiger charge is -2.39. The van der Waals surface area contributed by atoms with E-state index in [0.717, 1.165) is 115 Å². The van der Waals surface area contributed by atoms with Crippen LogP contribution in [0.3, 0.4) is 0 Å². The summed E-state index contributed by atoms with van der Waals surface area (Å²) in [5, 5.41) is 2.84. The Morgan fingerprint density at radius 3 is 1.05 bits per heavy atom. The highest BCUT2D eigenvalue weighted by molar-refractivity contribution is 7.16. The van der Waals surface area contributed by atoms with Gasteiger partial charge in [-0.25, -0.2) is 9.80 Å². The van der Waals surface area contributed by atoms with Crippen molar-refractivity contribution < 1.29 is 19.2 Å². The summed E-state index contributed by atoms with van der Waals surface area (Å²) in [7, 11) is 0. The van der Waals surface area contributed by atoms with Gasteiger partial charge in [-0.3, -0.25) is 19.2 Å². The van der Waals surface area contributed by atoms with E-state index >= 15 is 19.2 Å². The zero-order valence-electron chi connectivity index (χ0n) is 65.4. The summed E-state index contributed by atoms with van der Waals surface area (Å²) >= 11 is 4.37. The number of carbonyl (C=O) groups is 4. The molecule has 4 aliphatic rings. The van der Waals surface area contributed by atoms with E-state index in [-0.39, 0.29) is 34.5 Å². The fourth-order valence-corrected chi connectivity index (χ4v) is 21.8. The van der Waals surface area contributed by atoms with E-state index in [4.69, 9.17) is 8.75 Å². The summed E-state index contributed by atoms with van der Waals surface area (Å²) in [6.45, 7) is 18.6. The van der Waals surface area contributed by atoms with Crippen LogP contribution in [0.1, 0.15) is 268 Å². The van der Waals surface area contributed by atoms with Gasteiger partial charge < -0.3 is 0 Å². The molecule has 0 radical (unpaired) electrons. The normalized spacial score (nSPS) is 17.0. The van der Waals surface area contributed by atoms with Crippen molar-refractivity contribution in [1.29, 1.82) is 0 Å². The number of aromatic nitrogens is 2. The van der Waals surface area contributed by atoms with Crippen molar-refractivity contribution in [2.24, 2.45) is 23.7 Å². The van der Waals surface area contributed by atoms with Crippen LogP contribution in [0.15, 0.2) is 182 Å². The lowest BCUT2D eigenvalue weighted by atomic mass is 9.65. The highest BCUT2D eigenvalue weighted by Crippen LogP contribution is 2.60. The third kappa shape index (κ3) is 13.5. The van der Waals surface area contributed by atoms with Gasteiger partial charge in [-0.05, 0) is 190 Å². The van der Waals surface area contributed by atoms with Crippen molar-refractivity contribution in [3.8, 4) is 66.8 Å². The molecule has 3 aromatic heterocycles. The van der Waals surface area contributed by atoms with Gasteiger partial charge >= 0.3 is 0 Å². The molecule has 4 unspecified atom stereocenters. The molecule has 0 fully saturated rings. The second-order valence-corrected chi connectivity index (χ2v) is 34.5. The Kier molecular flexibility index (Phi) is 21.7. The molecule has 4 atom stereocenters. The van der Waals surface area contributed by atoms with E-state index in [0.29, 0.717) is 68.1 Å². The molecule has 2 aliphatic heterocycles. The summed E-state index contributed by atoms with van der Waals surface area (Å²) in [5.74, 6) is 14.7. The van der Waals surface area contributed by atoms with Crippen LogP contribution < -0.4 is 9.80 Å². The molecule has 0 saturated carbocycles. The van der Waals surface area contributed by atoms with Gasteiger partial charge in [0, 0.05) is 75.9 Å². The van der Waals surface area contributed by atoms with Crippen LogP contribution in [0, 0.1) is 47.4 Å². The second-order valence-electron chi connectivity index (χ2n) is 31.8. The Bertz CT molecular complexity index is 5340. The van der Waals surface area contributed by atoms with Crippen LogP contribution >= 0.6 is 34.4 Å². The molecule has 0 bridgehead atoms. The van der Waals surface area contributed by atoms with E-state index in [1.165, 1.54) is 143 Å². The predicted octanol–water partition coefficient (Wildman–Crippen LogP) is 26.8. The molecular weight excluding hydrogens is 1420 g/mol. The maximum atomic E-state index is 15.1. The zero-order chi connectivity index (χ0) is 76.7. The zero-order valence-corrected chi connectivity index (χ0v) is 67.9. The van der Waals surface area contributed by atoms with E-state index < -0.39 is 0 Å². The highest BCUT2D eigenvalue weighted by atomic mass is 32.1. The Hall–Kier alpha value is -9.88. The van der Waals surface area contributed by atoms with E-state index in [9.17, 15) is 0 Å². The minimum atomic E-state index is -0.318. The molecule has 16 rings (SSSR count).